The molecule has 19 heavy (non-hydrogen) atoms. The summed E-state index contributed by atoms with van der Waals surface area (Å²) in [7, 11) is 0. The number of benzene rings is 1. The van der Waals surface area contributed by atoms with Gasteiger partial charge in [0.1, 0.15) is 0 Å². The summed E-state index contributed by atoms with van der Waals surface area (Å²) in [5, 5.41) is 2.84. The highest BCUT2D eigenvalue weighted by molar-refractivity contribution is 5.79. The van der Waals surface area contributed by atoms with Gasteiger partial charge in [-0.2, -0.15) is 13.2 Å². The largest absolute Gasteiger partial charge is 0.416 e. The summed E-state index contributed by atoms with van der Waals surface area (Å²) < 4.78 is 37.1. The second-order valence-electron chi connectivity index (χ2n) is 5.16. The third-order valence-corrected chi connectivity index (χ3v) is 3.01. The fourth-order valence-corrected chi connectivity index (χ4v) is 1.51. The smallest absolute Gasteiger partial charge is 0.351 e. The molecular weight excluding hydrogens is 255 g/mol. The van der Waals surface area contributed by atoms with E-state index in [9.17, 15) is 18.0 Å². The molecule has 0 atom stereocenters. The van der Waals surface area contributed by atoms with Crippen molar-refractivity contribution in [3.8, 4) is 0 Å². The minimum Gasteiger partial charge on any atom is -0.351 e. The van der Waals surface area contributed by atoms with Gasteiger partial charge < -0.3 is 5.32 Å². The number of amides is 1. The molecule has 0 heterocycles. The first-order valence-electron chi connectivity index (χ1n) is 6.11. The Labute approximate surface area is 111 Å². The number of nitrogens with one attached hydrogen (secondary N) is 1. The monoisotopic (exact) mass is 273 g/mol. The van der Waals surface area contributed by atoms with E-state index < -0.39 is 11.7 Å². The number of carbonyl (C=O) groups is 1. The van der Waals surface area contributed by atoms with Crippen molar-refractivity contribution in [1.82, 2.24) is 5.32 Å². The summed E-state index contributed by atoms with van der Waals surface area (Å²) in [6.45, 7) is 5.76. The lowest BCUT2D eigenvalue weighted by molar-refractivity contribution is -0.137. The average Bonchev–Trinajstić information content (AvgIpc) is 2.27. The van der Waals surface area contributed by atoms with Gasteiger partial charge in [0.2, 0.25) is 5.91 Å². The van der Waals surface area contributed by atoms with E-state index >= 15 is 0 Å². The van der Waals surface area contributed by atoms with Gasteiger partial charge in [0, 0.05) is 5.54 Å². The zero-order valence-corrected chi connectivity index (χ0v) is 11.3. The second kappa shape index (κ2) is 5.63. The Balaban J connectivity index is 2.66. The van der Waals surface area contributed by atoms with Crippen molar-refractivity contribution < 1.29 is 18.0 Å². The summed E-state index contributed by atoms with van der Waals surface area (Å²) in [4.78, 5) is 11.7. The molecule has 1 aromatic carbocycles. The molecule has 0 aliphatic carbocycles. The molecule has 1 aromatic rings. The van der Waals surface area contributed by atoms with E-state index in [1.165, 1.54) is 12.1 Å². The van der Waals surface area contributed by atoms with Crippen LogP contribution in [0.15, 0.2) is 24.3 Å². The molecular formula is C14H18F3NO. The SMILES string of the molecule is CCC(C)(C)NC(=O)Cc1ccc(C(F)(F)F)cc1. The Kier molecular flexibility index (Phi) is 4.61. The summed E-state index contributed by atoms with van der Waals surface area (Å²) in [5.41, 5.74) is -0.439. The number of hydrogen-bond donors (Lipinski definition) is 1. The summed E-state index contributed by atoms with van der Waals surface area (Å²) in [6.07, 6.45) is -3.47. The summed E-state index contributed by atoms with van der Waals surface area (Å²) in [6, 6.07) is 4.66. The average molecular weight is 273 g/mol. The molecule has 1 amide bonds. The van der Waals surface area contributed by atoms with E-state index in [4.69, 9.17) is 0 Å². The first-order valence-corrected chi connectivity index (χ1v) is 6.11. The molecule has 0 bridgehead atoms. The van der Waals surface area contributed by atoms with Crippen LogP contribution in [0.3, 0.4) is 0 Å². The third-order valence-electron chi connectivity index (χ3n) is 3.01. The predicted molar refractivity (Wildman–Crippen MR) is 67.7 cm³/mol. The van der Waals surface area contributed by atoms with E-state index in [-0.39, 0.29) is 17.9 Å². The van der Waals surface area contributed by atoms with Crippen molar-refractivity contribution in [3.63, 3.8) is 0 Å². The van der Waals surface area contributed by atoms with E-state index in [1.54, 1.807) is 0 Å². The Morgan fingerprint density at radius 2 is 1.68 bits per heavy atom. The summed E-state index contributed by atoms with van der Waals surface area (Å²) in [5.74, 6) is -0.188. The van der Waals surface area contributed by atoms with Gasteiger partial charge in [-0.15, -0.1) is 0 Å². The standard InChI is InChI=1S/C14H18F3NO/c1-4-13(2,3)18-12(19)9-10-5-7-11(8-6-10)14(15,16)17/h5-8H,4,9H2,1-3H3,(H,18,19). The Bertz CT molecular complexity index is 435. The molecule has 0 saturated heterocycles. The van der Waals surface area contributed by atoms with Crippen LogP contribution in [0.1, 0.15) is 38.3 Å². The van der Waals surface area contributed by atoms with E-state index in [0.717, 1.165) is 18.6 Å². The number of hydrogen-bond acceptors (Lipinski definition) is 1. The van der Waals surface area contributed by atoms with Crippen molar-refractivity contribution in [2.75, 3.05) is 0 Å². The molecule has 1 N–H and O–H groups in total. The quantitative estimate of drug-likeness (QED) is 0.893. The molecule has 5 heteroatoms. The van der Waals surface area contributed by atoms with Gasteiger partial charge in [0.15, 0.2) is 0 Å². The van der Waals surface area contributed by atoms with Crippen LogP contribution in [0.25, 0.3) is 0 Å². The maximum absolute atomic E-state index is 12.4. The van der Waals surface area contributed by atoms with Gasteiger partial charge in [-0.3, -0.25) is 4.79 Å². The van der Waals surface area contributed by atoms with Crippen LogP contribution in [0.2, 0.25) is 0 Å². The maximum atomic E-state index is 12.4. The molecule has 0 fully saturated rings. The Morgan fingerprint density at radius 3 is 2.11 bits per heavy atom. The van der Waals surface area contributed by atoms with Crippen LogP contribution in [0, 0.1) is 0 Å². The molecule has 0 unspecified atom stereocenters. The van der Waals surface area contributed by atoms with Gasteiger partial charge in [0.05, 0.1) is 12.0 Å². The van der Waals surface area contributed by atoms with Crippen molar-refractivity contribution in [3.05, 3.63) is 35.4 Å². The lowest BCUT2D eigenvalue weighted by Crippen LogP contribution is -2.43. The van der Waals surface area contributed by atoms with Crippen LogP contribution in [-0.4, -0.2) is 11.4 Å². The van der Waals surface area contributed by atoms with Crippen molar-refractivity contribution in [2.24, 2.45) is 0 Å². The van der Waals surface area contributed by atoms with Crippen LogP contribution < -0.4 is 5.32 Å². The van der Waals surface area contributed by atoms with Crippen LogP contribution >= 0.6 is 0 Å². The van der Waals surface area contributed by atoms with Gasteiger partial charge >= 0.3 is 6.18 Å². The normalized spacial score (nSPS) is 12.3. The fraction of sp³-hybridized carbons (Fsp3) is 0.500. The highest BCUT2D eigenvalue weighted by Crippen LogP contribution is 2.29. The molecule has 0 radical (unpaired) electrons. The zero-order chi connectivity index (χ0) is 14.7. The molecule has 0 aliphatic heterocycles. The van der Waals surface area contributed by atoms with Crippen molar-refractivity contribution >= 4 is 5.91 Å². The lowest BCUT2D eigenvalue weighted by Gasteiger charge is -2.24. The number of alkyl halides is 3. The second-order valence-corrected chi connectivity index (χ2v) is 5.16. The third kappa shape index (κ3) is 4.93. The topological polar surface area (TPSA) is 29.1 Å². The number of rotatable bonds is 4. The lowest BCUT2D eigenvalue weighted by atomic mass is 10.0. The number of carbonyl (C=O) groups excluding carboxylic acids is 1. The summed E-state index contributed by atoms with van der Waals surface area (Å²) >= 11 is 0. The molecule has 2 nitrogen and oxygen atoms in total. The minimum atomic E-state index is -4.34. The van der Waals surface area contributed by atoms with Crippen LogP contribution in [0.4, 0.5) is 13.2 Å². The Morgan fingerprint density at radius 1 is 1.16 bits per heavy atom. The van der Waals surface area contributed by atoms with E-state index in [1.807, 2.05) is 20.8 Å². The van der Waals surface area contributed by atoms with Gasteiger partial charge in [-0.05, 0) is 38.0 Å². The van der Waals surface area contributed by atoms with E-state index in [2.05, 4.69) is 5.32 Å². The maximum Gasteiger partial charge on any atom is 0.416 e. The highest BCUT2D eigenvalue weighted by atomic mass is 19.4. The van der Waals surface area contributed by atoms with E-state index in [0.29, 0.717) is 5.56 Å². The molecule has 0 spiro atoms. The molecule has 1 rings (SSSR count). The van der Waals surface area contributed by atoms with Crippen LogP contribution in [0.5, 0.6) is 0 Å². The fourth-order valence-electron chi connectivity index (χ4n) is 1.51. The highest BCUT2D eigenvalue weighted by Gasteiger charge is 2.30. The first-order chi connectivity index (χ1) is 8.64. The van der Waals surface area contributed by atoms with Crippen molar-refractivity contribution in [1.29, 1.82) is 0 Å². The van der Waals surface area contributed by atoms with Gasteiger partial charge in [-0.1, -0.05) is 19.1 Å². The van der Waals surface area contributed by atoms with Gasteiger partial charge in [0.25, 0.3) is 0 Å². The van der Waals surface area contributed by atoms with Crippen LogP contribution in [-0.2, 0) is 17.4 Å². The molecule has 0 aliphatic rings. The van der Waals surface area contributed by atoms with Gasteiger partial charge in [-0.25, -0.2) is 0 Å². The molecule has 0 saturated carbocycles. The predicted octanol–water partition coefficient (Wildman–Crippen LogP) is 3.55. The molecule has 106 valence electrons. The first kappa shape index (κ1) is 15.5. The minimum absolute atomic E-state index is 0.0849. The Hall–Kier alpha value is -1.52. The van der Waals surface area contributed by atoms with Crippen molar-refractivity contribution in [2.45, 2.75) is 45.3 Å². The zero-order valence-electron chi connectivity index (χ0n) is 11.3. The number of halogens is 3. The molecule has 0 aromatic heterocycles.